The molecule has 0 N–H and O–H groups in total. The van der Waals surface area contributed by atoms with Crippen LogP contribution in [-0.2, 0) is 14.3 Å². The van der Waals surface area contributed by atoms with E-state index in [0.29, 0.717) is 24.1 Å². The molecule has 2 aromatic rings. The molecule has 2 aliphatic rings. The number of alkyl halides is 2. The third-order valence-electron chi connectivity index (χ3n) is 5.77. The van der Waals surface area contributed by atoms with Crippen molar-refractivity contribution in [2.75, 3.05) is 11.5 Å². The van der Waals surface area contributed by atoms with E-state index in [0.717, 1.165) is 4.47 Å². The monoisotopic (exact) mass is 625 g/mol. The van der Waals surface area contributed by atoms with Gasteiger partial charge in [0, 0.05) is 19.7 Å². The first-order valence-electron chi connectivity index (χ1n) is 9.98. The molecule has 0 aromatic heterocycles. The molecule has 1 saturated carbocycles. The zero-order valence-corrected chi connectivity index (χ0v) is 21.4. The van der Waals surface area contributed by atoms with Crippen molar-refractivity contribution in [2.45, 2.75) is 22.5 Å². The molecule has 32 heavy (non-hydrogen) atoms. The van der Waals surface area contributed by atoms with Crippen molar-refractivity contribution in [3.63, 3.8) is 0 Å². The third kappa shape index (κ3) is 4.61. The summed E-state index contributed by atoms with van der Waals surface area (Å²) in [6.07, 6.45) is 1.19. The number of imide groups is 1. The number of hydrogen-bond acceptors (Lipinski definition) is 5. The van der Waals surface area contributed by atoms with E-state index in [2.05, 4.69) is 47.8 Å². The lowest BCUT2D eigenvalue weighted by Crippen LogP contribution is -2.34. The number of amides is 2. The molecular weight excluding hydrogens is 610 g/mol. The normalized spacial score (nSPS) is 24.9. The summed E-state index contributed by atoms with van der Waals surface area (Å²) in [4.78, 5) is 51.8. The Morgan fingerprint density at radius 2 is 1.34 bits per heavy atom. The highest BCUT2D eigenvalue weighted by Gasteiger charge is 2.52. The van der Waals surface area contributed by atoms with E-state index in [9.17, 15) is 19.2 Å². The van der Waals surface area contributed by atoms with Gasteiger partial charge >= 0.3 is 5.97 Å². The predicted octanol–water partition coefficient (Wildman–Crippen LogP) is 4.92. The predicted molar refractivity (Wildman–Crippen MR) is 129 cm³/mol. The highest BCUT2D eigenvalue weighted by atomic mass is 79.9. The van der Waals surface area contributed by atoms with Crippen molar-refractivity contribution in [1.29, 1.82) is 0 Å². The average Bonchev–Trinajstić information content (AvgIpc) is 3.02. The number of Topliss-reactive ketones (excluding diaryl/α,β-unsaturated/α-hetero) is 1. The standard InChI is InChI=1S/C23H18Br3NO5/c24-14-5-1-12(2-6-14)20(28)11-32-23(31)13-3-7-15(8-4-13)27-21(29)16-9-18(25)19(26)10-17(16)22(27)30/h1-8,16-19H,9-11H2/t16-,17-,18+,19+/m0/s1. The summed E-state index contributed by atoms with van der Waals surface area (Å²) < 4.78 is 5.97. The first-order chi connectivity index (χ1) is 15.3. The smallest absolute Gasteiger partial charge is 0.338 e. The second kappa shape index (κ2) is 9.57. The van der Waals surface area contributed by atoms with Crippen molar-refractivity contribution in [3.8, 4) is 0 Å². The van der Waals surface area contributed by atoms with E-state index < -0.39 is 5.97 Å². The lowest BCUT2D eigenvalue weighted by Gasteiger charge is -2.29. The number of hydrogen-bond donors (Lipinski definition) is 0. The molecule has 0 radical (unpaired) electrons. The average molecular weight is 628 g/mol. The molecule has 1 aliphatic heterocycles. The largest absolute Gasteiger partial charge is 0.454 e. The quantitative estimate of drug-likeness (QED) is 0.204. The van der Waals surface area contributed by atoms with Crippen LogP contribution in [0.1, 0.15) is 33.6 Å². The molecule has 9 heteroatoms. The van der Waals surface area contributed by atoms with Gasteiger partial charge in [-0.1, -0.05) is 59.9 Å². The molecule has 0 bridgehead atoms. The first-order valence-corrected chi connectivity index (χ1v) is 12.6. The molecular formula is C23H18Br3NO5. The Kier molecular flexibility index (Phi) is 6.97. The molecule has 1 aliphatic carbocycles. The number of carbonyl (C=O) groups excluding carboxylic acids is 4. The van der Waals surface area contributed by atoms with Gasteiger partial charge in [0.15, 0.2) is 12.4 Å². The summed E-state index contributed by atoms with van der Waals surface area (Å²) in [6.45, 7) is -0.379. The molecule has 4 atom stereocenters. The molecule has 2 fully saturated rings. The Balaban J connectivity index is 1.41. The molecule has 0 unspecified atom stereocenters. The van der Waals surface area contributed by atoms with E-state index in [1.54, 1.807) is 36.4 Å². The Labute approximate surface area is 210 Å². The van der Waals surface area contributed by atoms with Gasteiger partial charge in [-0.25, -0.2) is 4.79 Å². The number of esters is 1. The van der Waals surface area contributed by atoms with Crippen LogP contribution in [0.4, 0.5) is 5.69 Å². The molecule has 2 aromatic carbocycles. The highest BCUT2D eigenvalue weighted by molar-refractivity contribution is 9.12. The Morgan fingerprint density at radius 3 is 1.88 bits per heavy atom. The molecule has 6 nitrogen and oxygen atoms in total. The van der Waals surface area contributed by atoms with Crippen LogP contribution in [0.3, 0.4) is 0 Å². The summed E-state index contributed by atoms with van der Waals surface area (Å²) >= 11 is 10.5. The number of fused-ring (bicyclic) bond motifs is 1. The van der Waals surface area contributed by atoms with Crippen LogP contribution >= 0.6 is 47.8 Å². The zero-order valence-electron chi connectivity index (χ0n) is 16.7. The Morgan fingerprint density at radius 1 is 0.844 bits per heavy atom. The van der Waals surface area contributed by atoms with Gasteiger partial charge in [0.25, 0.3) is 0 Å². The minimum absolute atomic E-state index is 0.137. The van der Waals surface area contributed by atoms with Gasteiger partial charge < -0.3 is 4.74 Å². The van der Waals surface area contributed by atoms with Crippen LogP contribution in [-0.4, -0.2) is 39.8 Å². The van der Waals surface area contributed by atoms with Crippen LogP contribution in [0.15, 0.2) is 53.0 Å². The fraction of sp³-hybridized carbons (Fsp3) is 0.304. The van der Waals surface area contributed by atoms with Gasteiger partial charge in [0.1, 0.15) is 0 Å². The van der Waals surface area contributed by atoms with Crippen LogP contribution in [0.5, 0.6) is 0 Å². The van der Waals surface area contributed by atoms with Crippen molar-refractivity contribution in [2.24, 2.45) is 11.8 Å². The maximum absolute atomic E-state index is 12.9. The second-order valence-electron chi connectivity index (χ2n) is 7.78. The number of rotatable bonds is 5. The summed E-state index contributed by atoms with van der Waals surface area (Å²) in [7, 11) is 0. The highest BCUT2D eigenvalue weighted by Crippen LogP contribution is 2.44. The van der Waals surface area contributed by atoms with E-state index in [1.165, 1.54) is 17.0 Å². The van der Waals surface area contributed by atoms with Gasteiger partial charge in [-0.2, -0.15) is 0 Å². The molecule has 166 valence electrons. The van der Waals surface area contributed by atoms with E-state index in [4.69, 9.17) is 4.74 Å². The molecule has 1 saturated heterocycles. The van der Waals surface area contributed by atoms with Crippen molar-refractivity contribution < 1.29 is 23.9 Å². The third-order valence-corrected chi connectivity index (χ3v) is 9.04. The van der Waals surface area contributed by atoms with E-state index in [-0.39, 0.29) is 51.3 Å². The maximum atomic E-state index is 12.9. The van der Waals surface area contributed by atoms with Gasteiger partial charge in [-0.15, -0.1) is 0 Å². The molecule has 2 amide bonds. The second-order valence-corrected chi connectivity index (χ2v) is 11.0. The lowest BCUT2D eigenvalue weighted by atomic mass is 9.81. The van der Waals surface area contributed by atoms with Crippen molar-refractivity contribution in [3.05, 3.63) is 64.1 Å². The van der Waals surface area contributed by atoms with Crippen LogP contribution in [0.2, 0.25) is 0 Å². The molecule has 1 heterocycles. The summed E-state index contributed by atoms with van der Waals surface area (Å²) in [5, 5.41) is 0. The van der Waals surface area contributed by atoms with Crippen molar-refractivity contribution in [1.82, 2.24) is 0 Å². The number of carbonyl (C=O) groups is 4. The van der Waals surface area contributed by atoms with Gasteiger partial charge in [0.2, 0.25) is 11.8 Å². The minimum Gasteiger partial charge on any atom is -0.454 e. The van der Waals surface area contributed by atoms with Crippen molar-refractivity contribution >= 4 is 77.0 Å². The SMILES string of the molecule is O=C(COC(=O)c1ccc(N2C(=O)[C@H]3C[C@@H](Br)[C@H](Br)C[C@@H]3C2=O)cc1)c1ccc(Br)cc1. The number of nitrogens with zero attached hydrogens (tertiary/aromatic N) is 1. The summed E-state index contributed by atoms with van der Waals surface area (Å²) in [5.41, 5.74) is 1.10. The van der Waals surface area contributed by atoms with Crippen LogP contribution < -0.4 is 4.90 Å². The van der Waals surface area contributed by atoms with Gasteiger partial charge in [0.05, 0.1) is 23.1 Å². The maximum Gasteiger partial charge on any atom is 0.338 e. The number of anilines is 1. The number of ether oxygens (including phenoxy) is 1. The first kappa shape index (κ1) is 23.3. The van der Waals surface area contributed by atoms with E-state index in [1.807, 2.05) is 0 Å². The fourth-order valence-electron chi connectivity index (χ4n) is 4.03. The minimum atomic E-state index is -0.654. The topological polar surface area (TPSA) is 80.8 Å². The summed E-state index contributed by atoms with van der Waals surface area (Å²) in [6, 6.07) is 12.9. The van der Waals surface area contributed by atoms with Crippen LogP contribution in [0.25, 0.3) is 0 Å². The number of ketones is 1. The Hall–Kier alpha value is -1.84. The van der Waals surface area contributed by atoms with Crippen LogP contribution in [0, 0.1) is 11.8 Å². The van der Waals surface area contributed by atoms with E-state index >= 15 is 0 Å². The number of benzene rings is 2. The molecule has 0 spiro atoms. The molecule has 4 rings (SSSR count). The number of halogens is 3. The fourth-order valence-corrected chi connectivity index (χ4v) is 5.53. The summed E-state index contributed by atoms with van der Waals surface area (Å²) in [5.74, 6) is -2.06. The van der Waals surface area contributed by atoms with Gasteiger partial charge in [-0.05, 0) is 49.2 Å². The zero-order chi connectivity index (χ0) is 23.0. The lowest BCUT2D eigenvalue weighted by molar-refractivity contribution is -0.122. The Bertz CT molecular complexity index is 1040. The van der Waals surface area contributed by atoms with Gasteiger partial charge in [-0.3, -0.25) is 19.3 Å².